The Morgan fingerprint density at radius 2 is 2.00 bits per heavy atom. The minimum absolute atomic E-state index is 0.0498. The lowest BCUT2D eigenvalue weighted by Crippen LogP contribution is -2.42. The quantitative estimate of drug-likeness (QED) is 0.715. The van der Waals surface area contributed by atoms with Crippen LogP contribution in [0.3, 0.4) is 0 Å². The summed E-state index contributed by atoms with van der Waals surface area (Å²) < 4.78 is 27.9. The lowest BCUT2D eigenvalue weighted by atomic mass is 10.2. The molecule has 0 spiro atoms. The Kier molecular flexibility index (Phi) is 6.89. The molecule has 0 aromatic heterocycles. The Morgan fingerprint density at radius 3 is 2.60 bits per heavy atom. The number of sulfone groups is 1. The maximum atomic E-state index is 12.0. The van der Waals surface area contributed by atoms with Crippen LogP contribution in [0.4, 0.5) is 0 Å². The van der Waals surface area contributed by atoms with Crippen LogP contribution in [0, 0.1) is 6.92 Å². The number of hydrogen-bond acceptors (Lipinski definition) is 6. The molecule has 138 valence electrons. The number of carbonyl (C=O) groups is 2. The predicted molar refractivity (Wildman–Crippen MR) is 98.1 cm³/mol. The van der Waals surface area contributed by atoms with Crippen LogP contribution in [0.15, 0.2) is 24.3 Å². The molecule has 0 radical (unpaired) electrons. The number of benzene rings is 1. The maximum absolute atomic E-state index is 12.0. The molecule has 6 nitrogen and oxygen atoms in total. The van der Waals surface area contributed by atoms with Crippen LogP contribution in [-0.4, -0.2) is 49.7 Å². The summed E-state index contributed by atoms with van der Waals surface area (Å²) >= 11 is 1.42. The number of nitrogens with one attached hydrogen (secondary N) is 1. The molecule has 1 amide bonds. The number of thioether (sulfide) groups is 1. The first kappa shape index (κ1) is 19.8. The molecule has 8 heteroatoms. The summed E-state index contributed by atoms with van der Waals surface area (Å²) in [5, 5.41) is 2.62. The van der Waals surface area contributed by atoms with E-state index in [2.05, 4.69) is 5.32 Å². The molecule has 0 bridgehead atoms. The highest BCUT2D eigenvalue weighted by atomic mass is 32.2. The van der Waals surface area contributed by atoms with Crippen molar-refractivity contribution in [2.24, 2.45) is 0 Å². The number of ether oxygens (including phenoxy) is 1. The van der Waals surface area contributed by atoms with Crippen molar-refractivity contribution in [3.63, 3.8) is 0 Å². The SMILES string of the molecule is Cc1ccc(CSCC(=O)O[C@H](C)C(=O)N[C@H]2CCS(=O)(=O)C2)cc1. The highest BCUT2D eigenvalue weighted by molar-refractivity contribution is 7.99. The van der Waals surface area contributed by atoms with E-state index in [0.29, 0.717) is 12.2 Å². The maximum Gasteiger partial charge on any atom is 0.316 e. The van der Waals surface area contributed by atoms with Crippen LogP contribution in [0.1, 0.15) is 24.5 Å². The molecule has 25 heavy (non-hydrogen) atoms. The van der Waals surface area contributed by atoms with Crippen LogP contribution in [0.5, 0.6) is 0 Å². The second-order valence-electron chi connectivity index (χ2n) is 6.22. The van der Waals surface area contributed by atoms with Crippen LogP contribution in [0.2, 0.25) is 0 Å². The summed E-state index contributed by atoms with van der Waals surface area (Å²) in [7, 11) is -3.06. The van der Waals surface area contributed by atoms with Gasteiger partial charge in [0.2, 0.25) is 0 Å². The molecule has 2 rings (SSSR count). The highest BCUT2D eigenvalue weighted by Crippen LogP contribution is 2.14. The normalized spacial score (nSPS) is 20.0. The van der Waals surface area contributed by atoms with Gasteiger partial charge in [-0.1, -0.05) is 29.8 Å². The van der Waals surface area contributed by atoms with Gasteiger partial charge in [-0.3, -0.25) is 9.59 Å². The molecular formula is C17H23NO5S2. The van der Waals surface area contributed by atoms with Crippen molar-refractivity contribution in [2.75, 3.05) is 17.3 Å². The van der Waals surface area contributed by atoms with E-state index < -0.39 is 33.9 Å². The summed E-state index contributed by atoms with van der Waals surface area (Å²) in [6.45, 7) is 3.50. The van der Waals surface area contributed by atoms with E-state index in [0.717, 1.165) is 5.56 Å². The van der Waals surface area contributed by atoms with Crippen molar-refractivity contribution in [3.05, 3.63) is 35.4 Å². The molecular weight excluding hydrogens is 362 g/mol. The van der Waals surface area contributed by atoms with Crippen molar-refractivity contribution in [1.82, 2.24) is 5.32 Å². The Bertz CT molecular complexity index is 715. The zero-order valence-electron chi connectivity index (χ0n) is 14.4. The zero-order valence-corrected chi connectivity index (χ0v) is 16.0. The first-order valence-corrected chi connectivity index (χ1v) is 11.1. The third-order valence-electron chi connectivity index (χ3n) is 3.87. The van der Waals surface area contributed by atoms with Gasteiger partial charge in [0, 0.05) is 11.8 Å². The number of hydrogen-bond donors (Lipinski definition) is 1. The number of rotatable bonds is 7. The van der Waals surface area contributed by atoms with Gasteiger partial charge in [-0.25, -0.2) is 8.42 Å². The van der Waals surface area contributed by atoms with Crippen molar-refractivity contribution in [3.8, 4) is 0 Å². The van der Waals surface area contributed by atoms with Crippen molar-refractivity contribution >= 4 is 33.5 Å². The van der Waals surface area contributed by atoms with Crippen LogP contribution in [-0.2, 0) is 29.9 Å². The third kappa shape index (κ3) is 6.70. The Labute approximate surface area is 152 Å². The first-order valence-electron chi connectivity index (χ1n) is 8.09. The Balaban J connectivity index is 1.68. The predicted octanol–water partition coefficient (Wildman–Crippen LogP) is 1.46. The summed E-state index contributed by atoms with van der Waals surface area (Å²) in [5.41, 5.74) is 2.31. The zero-order chi connectivity index (χ0) is 18.4. The fourth-order valence-corrected chi connectivity index (χ4v) is 4.89. The summed E-state index contributed by atoms with van der Waals surface area (Å²) in [4.78, 5) is 23.8. The van der Waals surface area contributed by atoms with Gasteiger partial charge in [0.05, 0.1) is 17.3 Å². The summed E-state index contributed by atoms with van der Waals surface area (Å²) in [6.07, 6.45) is -0.531. The summed E-state index contributed by atoms with van der Waals surface area (Å²) in [5.74, 6) is -0.0370. The summed E-state index contributed by atoms with van der Waals surface area (Å²) in [6, 6.07) is 7.67. The minimum Gasteiger partial charge on any atom is -0.452 e. The van der Waals surface area contributed by atoms with Crippen LogP contribution >= 0.6 is 11.8 Å². The molecule has 1 aromatic carbocycles. The molecule has 1 saturated heterocycles. The topological polar surface area (TPSA) is 89.5 Å². The van der Waals surface area contributed by atoms with E-state index in [1.54, 1.807) is 0 Å². The van der Waals surface area contributed by atoms with E-state index in [-0.39, 0.29) is 17.3 Å². The van der Waals surface area contributed by atoms with E-state index in [1.165, 1.54) is 24.2 Å². The molecule has 1 aliphatic heterocycles. The van der Waals surface area contributed by atoms with Gasteiger partial charge >= 0.3 is 5.97 Å². The van der Waals surface area contributed by atoms with Crippen molar-refractivity contribution in [2.45, 2.75) is 38.2 Å². The molecule has 0 unspecified atom stereocenters. The van der Waals surface area contributed by atoms with Gasteiger partial charge in [0.15, 0.2) is 15.9 Å². The van der Waals surface area contributed by atoms with E-state index in [9.17, 15) is 18.0 Å². The second-order valence-corrected chi connectivity index (χ2v) is 9.43. The van der Waals surface area contributed by atoms with Gasteiger partial charge in [-0.2, -0.15) is 0 Å². The van der Waals surface area contributed by atoms with E-state index in [1.807, 2.05) is 31.2 Å². The molecule has 1 aliphatic rings. The number of esters is 1. The van der Waals surface area contributed by atoms with E-state index in [4.69, 9.17) is 4.74 Å². The molecule has 1 aromatic rings. The lowest BCUT2D eigenvalue weighted by molar-refractivity contribution is -0.152. The average molecular weight is 386 g/mol. The van der Waals surface area contributed by atoms with Gasteiger partial charge in [0.25, 0.3) is 5.91 Å². The monoisotopic (exact) mass is 385 g/mol. The largest absolute Gasteiger partial charge is 0.452 e. The number of amides is 1. The molecule has 1 fully saturated rings. The molecule has 0 saturated carbocycles. The van der Waals surface area contributed by atoms with Gasteiger partial charge in [0.1, 0.15) is 0 Å². The molecule has 2 atom stereocenters. The van der Waals surface area contributed by atoms with Gasteiger partial charge in [-0.15, -0.1) is 11.8 Å². The Morgan fingerprint density at radius 1 is 1.32 bits per heavy atom. The van der Waals surface area contributed by atoms with E-state index >= 15 is 0 Å². The van der Waals surface area contributed by atoms with Gasteiger partial charge in [-0.05, 0) is 25.8 Å². The highest BCUT2D eigenvalue weighted by Gasteiger charge is 2.30. The Hall–Kier alpha value is -1.54. The fourth-order valence-electron chi connectivity index (χ4n) is 2.45. The third-order valence-corrected chi connectivity index (χ3v) is 6.61. The number of aryl methyl sites for hydroxylation is 1. The first-order chi connectivity index (χ1) is 11.7. The molecule has 0 aliphatic carbocycles. The van der Waals surface area contributed by atoms with Crippen LogP contribution < -0.4 is 5.32 Å². The average Bonchev–Trinajstić information content (AvgIpc) is 2.88. The molecule has 1 N–H and O–H groups in total. The lowest BCUT2D eigenvalue weighted by Gasteiger charge is -2.16. The molecule has 1 heterocycles. The number of carbonyl (C=O) groups excluding carboxylic acids is 2. The van der Waals surface area contributed by atoms with Crippen molar-refractivity contribution < 1.29 is 22.7 Å². The van der Waals surface area contributed by atoms with Crippen molar-refractivity contribution in [1.29, 1.82) is 0 Å². The minimum atomic E-state index is -3.06. The smallest absolute Gasteiger partial charge is 0.316 e. The van der Waals surface area contributed by atoms with Crippen LogP contribution in [0.25, 0.3) is 0 Å². The standard InChI is InChI=1S/C17H23NO5S2/c1-12-3-5-14(6-4-12)9-24-10-16(19)23-13(2)17(20)18-15-7-8-25(21,22)11-15/h3-6,13,15H,7-11H2,1-2H3,(H,18,20)/t13-,15+/m1/s1. The van der Waals surface area contributed by atoms with Gasteiger partial charge < -0.3 is 10.1 Å². The fraction of sp³-hybridized carbons (Fsp3) is 0.529. The second kappa shape index (κ2) is 8.71.